The predicted molar refractivity (Wildman–Crippen MR) is 126 cm³/mol. The van der Waals surface area contributed by atoms with E-state index in [2.05, 4.69) is 4.72 Å². The number of likely N-dealkylation sites (N-methyl/N-ethyl adjacent to an activating group) is 1. The van der Waals surface area contributed by atoms with E-state index in [9.17, 15) is 18.0 Å². The van der Waals surface area contributed by atoms with Gasteiger partial charge in [-0.05, 0) is 38.0 Å². The number of methoxy groups -OCH3 is 1. The topological polar surface area (TPSA) is 105 Å². The highest BCUT2D eigenvalue weighted by Crippen LogP contribution is 2.31. The lowest BCUT2D eigenvalue weighted by atomic mass is 9.83. The fraction of sp³-hybridized carbons (Fsp3) is 0.652. The maximum Gasteiger partial charge on any atom is 0.257 e. The van der Waals surface area contributed by atoms with Crippen LogP contribution in [0.5, 0.6) is 5.75 Å². The highest BCUT2D eigenvalue weighted by atomic mass is 32.2. The lowest BCUT2D eigenvalue weighted by Gasteiger charge is -2.39. The summed E-state index contributed by atoms with van der Waals surface area (Å²) in [6, 6.07) is 4.42. The van der Waals surface area contributed by atoms with Crippen molar-refractivity contribution >= 4 is 27.5 Å². The molecule has 0 radical (unpaired) electrons. The lowest BCUT2D eigenvalue weighted by Crippen LogP contribution is -2.51. The standard InChI is InChI=1S/C23H35N3O6S/c1-15-12-26(22(27)17-7-6-8-17)16(2)14-32-20-10-9-18(24-33(5,29)30)11-19(20)23(28)25(3)13-21(15)31-4/h9-11,15-17,21,24H,6-8,12-14H2,1-5H3/t15-,16+,21+/m0/s1. The molecule has 0 bridgehead atoms. The molecule has 2 amide bonds. The van der Waals surface area contributed by atoms with Gasteiger partial charge in [-0.15, -0.1) is 0 Å². The van der Waals surface area contributed by atoms with E-state index in [4.69, 9.17) is 9.47 Å². The number of carbonyl (C=O) groups excluding carboxylic acids is 2. The molecule has 0 spiro atoms. The molecule has 33 heavy (non-hydrogen) atoms. The number of benzene rings is 1. The van der Waals surface area contributed by atoms with Gasteiger partial charge >= 0.3 is 0 Å². The molecule has 3 rings (SSSR count). The van der Waals surface area contributed by atoms with Crippen LogP contribution in [0.2, 0.25) is 0 Å². The van der Waals surface area contributed by atoms with Crippen LogP contribution in [0.25, 0.3) is 0 Å². The Morgan fingerprint density at radius 3 is 2.48 bits per heavy atom. The van der Waals surface area contributed by atoms with Crippen LogP contribution in [-0.4, -0.2) is 82.3 Å². The Bertz CT molecular complexity index is 978. The number of anilines is 1. The SMILES string of the molecule is CO[C@@H]1CN(C)C(=O)c2cc(NS(C)(=O)=O)ccc2OC[C@@H](C)N(C(=O)C2CCC2)C[C@@H]1C. The molecule has 1 aliphatic carbocycles. The van der Waals surface area contributed by atoms with Gasteiger partial charge in [-0.25, -0.2) is 8.42 Å². The van der Waals surface area contributed by atoms with Gasteiger partial charge in [0.2, 0.25) is 15.9 Å². The summed E-state index contributed by atoms with van der Waals surface area (Å²) < 4.78 is 37.5. The summed E-state index contributed by atoms with van der Waals surface area (Å²) in [7, 11) is -0.222. The molecule has 0 saturated heterocycles. The first-order valence-electron chi connectivity index (χ1n) is 11.3. The van der Waals surface area contributed by atoms with E-state index in [1.165, 1.54) is 6.07 Å². The van der Waals surface area contributed by atoms with Crippen molar-refractivity contribution in [2.24, 2.45) is 11.8 Å². The molecule has 3 atom stereocenters. The molecular weight excluding hydrogens is 446 g/mol. The normalized spacial score (nSPS) is 25.2. The fourth-order valence-corrected chi connectivity index (χ4v) is 4.81. The van der Waals surface area contributed by atoms with E-state index in [-0.39, 0.29) is 53.7 Å². The van der Waals surface area contributed by atoms with Crippen molar-refractivity contribution in [2.45, 2.75) is 45.3 Å². The highest BCUT2D eigenvalue weighted by Gasteiger charge is 2.35. The van der Waals surface area contributed by atoms with Crippen LogP contribution < -0.4 is 9.46 Å². The third-order valence-electron chi connectivity index (χ3n) is 6.49. The summed E-state index contributed by atoms with van der Waals surface area (Å²) in [5, 5.41) is 0. The van der Waals surface area contributed by atoms with Gasteiger partial charge in [0.1, 0.15) is 12.4 Å². The Balaban J connectivity index is 1.96. The van der Waals surface area contributed by atoms with E-state index < -0.39 is 10.0 Å². The smallest absolute Gasteiger partial charge is 0.257 e. The number of hydrogen-bond donors (Lipinski definition) is 1. The Labute approximate surface area is 196 Å². The van der Waals surface area contributed by atoms with Crippen LogP contribution >= 0.6 is 0 Å². The van der Waals surface area contributed by atoms with E-state index in [1.54, 1.807) is 31.2 Å². The van der Waals surface area contributed by atoms with Gasteiger partial charge in [-0.1, -0.05) is 13.3 Å². The van der Waals surface area contributed by atoms with Gasteiger partial charge in [0.15, 0.2) is 0 Å². The zero-order valence-corrected chi connectivity index (χ0v) is 20.9. The number of fused-ring (bicyclic) bond motifs is 1. The van der Waals surface area contributed by atoms with Crippen molar-refractivity contribution in [3.05, 3.63) is 23.8 Å². The Kier molecular flexibility index (Phi) is 7.89. The molecule has 10 heteroatoms. The summed E-state index contributed by atoms with van der Waals surface area (Å²) in [5.41, 5.74) is 0.526. The summed E-state index contributed by atoms with van der Waals surface area (Å²) >= 11 is 0. The summed E-state index contributed by atoms with van der Waals surface area (Å²) in [5.74, 6) is 0.250. The highest BCUT2D eigenvalue weighted by molar-refractivity contribution is 7.92. The molecule has 1 saturated carbocycles. The number of carbonyl (C=O) groups is 2. The Hall–Kier alpha value is -2.33. The first-order chi connectivity index (χ1) is 15.5. The van der Waals surface area contributed by atoms with E-state index >= 15 is 0 Å². The molecule has 184 valence electrons. The minimum atomic E-state index is -3.51. The fourth-order valence-electron chi connectivity index (χ4n) is 4.25. The molecule has 1 fully saturated rings. The van der Waals surface area contributed by atoms with Crippen molar-refractivity contribution in [1.29, 1.82) is 0 Å². The minimum Gasteiger partial charge on any atom is -0.491 e. The van der Waals surface area contributed by atoms with Gasteiger partial charge in [0.25, 0.3) is 5.91 Å². The van der Waals surface area contributed by atoms with Gasteiger partial charge in [-0.2, -0.15) is 0 Å². The van der Waals surface area contributed by atoms with Crippen LogP contribution in [0, 0.1) is 11.8 Å². The molecule has 1 heterocycles. The number of hydrogen-bond acceptors (Lipinski definition) is 6. The van der Waals surface area contributed by atoms with Gasteiger partial charge in [0, 0.05) is 44.8 Å². The average Bonchev–Trinajstić information content (AvgIpc) is 2.70. The van der Waals surface area contributed by atoms with Gasteiger partial charge in [0.05, 0.1) is 24.0 Å². The van der Waals surface area contributed by atoms with Crippen LogP contribution in [0.4, 0.5) is 5.69 Å². The number of ether oxygens (including phenoxy) is 2. The molecular formula is C23H35N3O6S. The van der Waals surface area contributed by atoms with Crippen molar-refractivity contribution in [2.75, 3.05) is 44.8 Å². The number of nitrogens with one attached hydrogen (secondary N) is 1. The van der Waals surface area contributed by atoms with Gasteiger partial charge in [-0.3, -0.25) is 14.3 Å². The second-order valence-corrected chi connectivity index (χ2v) is 11.0. The lowest BCUT2D eigenvalue weighted by molar-refractivity contribution is -0.142. The molecule has 1 aliphatic heterocycles. The van der Waals surface area contributed by atoms with E-state index in [1.807, 2.05) is 18.7 Å². The molecule has 0 unspecified atom stereocenters. The first kappa shape index (κ1) is 25.3. The first-order valence-corrected chi connectivity index (χ1v) is 13.2. The quantitative estimate of drug-likeness (QED) is 0.707. The van der Waals surface area contributed by atoms with Crippen LogP contribution in [0.3, 0.4) is 0 Å². The third-order valence-corrected chi connectivity index (χ3v) is 7.09. The van der Waals surface area contributed by atoms with Gasteiger partial charge < -0.3 is 19.3 Å². The van der Waals surface area contributed by atoms with E-state index in [0.717, 1.165) is 25.5 Å². The Morgan fingerprint density at radius 1 is 1.21 bits per heavy atom. The maximum absolute atomic E-state index is 13.3. The molecule has 2 aliphatic rings. The van der Waals surface area contributed by atoms with Crippen LogP contribution in [0.1, 0.15) is 43.5 Å². The maximum atomic E-state index is 13.3. The number of nitrogens with zero attached hydrogens (tertiary/aromatic N) is 2. The van der Waals surface area contributed by atoms with Crippen molar-refractivity contribution < 1.29 is 27.5 Å². The van der Waals surface area contributed by atoms with Crippen molar-refractivity contribution in [1.82, 2.24) is 9.80 Å². The summed E-state index contributed by atoms with van der Waals surface area (Å²) in [6.07, 6.45) is 3.69. The van der Waals surface area contributed by atoms with Crippen LogP contribution in [0.15, 0.2) is 18.2 Å². The Morgan fingerprint density at radius 2 is 1.91 bits per heavy atom. The molecule has 9 nitrogen and oxygen atoms in total. The van der Waals surface area contributed by atoms with E-state index in [0.29, 0.717) is 18.8 Å². The largest absolute Gasteiger partial charge is 0.491 e. The molecule has 1 aromatic rings. The van der Waals surface area contributed by atoms with Crippen LogP contribution in [-0.2, 0) is 19.6 Å². The zero-order valence-electron chi connectivity index (χ0n) is 20.0. The second-order valence-electron chi connectivity index (χ2n) is 9.30. The third kappa shape index (κ3) is 6.17. The molecule has 0 aromatic heterocycles. The number of sulfonamides is 1. The monoisotopic (exact) mass is 481 g/mol. The predicted octanol–water partition coefficient (Wildman–Crippen LogP) is 2.19. The minimum absolute atomic E-state index is 0.00569. The molecule has 1 N–H and O–H groups in total. The van der Waals surface area contributed by atoms with Crippen molar-refractivity contribution in [3.63, 3.8) is 0 Å². The average molecular weight is 482 g/mol. The molecule has 1 aromatic carbocycles. The second kappa shape index (κ2) is 10.3. The zero-order chi connectivity index (χ0) is 24.3. The number of rotatable bonds is 4. The summed E-state index contributed by atoms with van der Waals surface area (Å²) in [4.78, 5) is 29.9. The summed E-state index contributed by atoms with van der Waals surface area (Å²) in [6.45, 7) is 5.02. The number of amides is 2. The van der Waals surface area contributed by atoms with Crippen molar-refractivity contribution in [3.8, 4) is 5.75 Å².